The number of sulfone groups is 1. The van der Waals surface area contributed by atoms with Crippen molar-refractivity contribution in [3.8, 4) is 0 Å². The first-order valence-electron chi connectivity index (χ1n) is 8.09. The van der Waals surface area contributed by atoms with Gasteiger partial charge in [-0.1, -0.05) is 18.2 Å². The molecule has 0 bridgehead atoms. The maximum atomic E-state index is 12.7. The van der Waals surface area contributed by atoms with Crippen LogP contribution in [0.2, 0.25) is 0 Å². The Bertz CT molecular complexity index is 972. The van der Waals surface area contributed by atoms with E-state index in [9.17, 15) is 18.0 Å². The number of hydrogen-bond acceptors (Lipinski definition) is 7. The van der Waals surface area contributed by atoms with Crippen LogP contribution in [-0.2, 0) is 19.4 Å². The molecule has 0 N–H and O–H groups in total. The highest BCUT2D eigenvalue weighted by atomic mass is 32.2. The minimum absolute atomic E-state index is 0.0111. The Labute approximate surface area is 156 Å². The third kappa shape index (κ3) is 4.56. The zero-order valence-electron chi connectivity index (χ0n) is 14.5. The molecule has 0 saturated carbocycles. The normalized spacial score (nSPS) is 17.4. The fourth-order valence-electron chi connectivity index (χ4n) is 2.60. The molecule has 0 fully saturated rings. The van der Waals surface area contributed by atoms with Crippen molar-refractivity contribution in [1.29, 1.82) is 0 Å². The van der Waals surface area contributed by atoms with Gasteiger partial charge in [-0.15, -0.1) is 0 Å². The highest BCUT2D eigenvalue weighted by molar-refractivity contribution is 7.94. The highest BCUT2D eigenvalue weighted by Crippen LogP contribution is 2.22. The van der Waals surface area contributed by atoms with Crippen LogP contribution in [0.1, 0.15) is 16.2 Å². The van der Waals surface area contributed by atoms with Crippen LogP contribution < -0.4 is 4.90 Å². The van der Waals surface area contributed by atoms with Gasteiger partial charge in [0.1, 0.15) is 0 Å². The first kappa shape index (κ1) is 18.7. The molecule has 2 heterocycles. The molecule has 0 radical (unpaired) electrons. The second-order valence-electron chi connectivity index (χ2n) is 5.94. The highest BCUT2D eigenvalue weighted by Gasteiger charge is 2.31. The van der Waals surface area contributed by atoms with Gasteiger partial charge in [-0.3, -0.25) is 9.78 Å². The summed E-state index contributed by atoms with van der Waals surface area (Å²) in [5.41, 5.74) is 1.15. The molecule has 9 heteroatoms. The summed E-state index contributed by atoms with van der Waals surface area (Å²) in [6.45, 7) is 1.18. The SMILES string of the molecule is Cc1cnc(C(=O)OCC(=O)N(c2ccccc2)[C@H]2C=CS(=O)(=O)C2)cn1. The summed E-state index contributed by atoms with van der Waals surface area (Å²) in [4.78, 5) is 33.9. The maximum Gasteiger partial charge on any atom is 0.359 e. The fourth-order valence-corrected chi connectivity index (χ4v) is 3.87. The number of carbonyl (C=O) groups is 2. The Kier molecular flexibility index (Phi) is 5.31. The average molecular weight is 387 g/mol. The van der Waals surface area contributed by atoms with Crippen LogP contribution in [0.4, 0.5) is 5.69 Å². The van der Waals surface area contributed by atoms with Gasteiger partial charge in [-0.05, 0) is 25.1 Å². The number of rotatable bonds is 5. The molecule has 0 aliphatic carbocycles. The molecule has 1 aliphatic heterocycles. The third-order valence-electron chi connectivity index (χ3n) is 3.86. The van der Waals surface area contributed by atoms with E-state index in [2.05, 4.69) is 9.97 Å². The Morgan fingerprint density at radius 3 is 2.52 bits per heavy atom. The van der Waals surface area contributed by atoms with Gasteiger partial charge < -0.3 is 9.64 Å². The van der Waals surface area contributed by atoms with Gasteiger partial charge in [0.05, 0.1) is 23.7 Å². The molecule has 3 rings (SSSR count). The van der Waals surface area contributed by atoms with Gasteiger partial charge in [0, 0.05) is 17.3 Å². The lowest BCUT2D eigenvalue weighted by molar-refractivity contribution is -0.121. The van der Waals surface area contributed by atoms with Crippen molar-refractivity contribution in [3.05, 3.63) is 65.6 Å². The van der Waals surface area contributed by atoms with Gasteiger partial charge in [0.25, 0.3) is 5.91 Å². The molecule has 8 nitrogen and oxygen atoms in total. The van der Waals surface area contributed by atoms with Crippen LogP contribution in [0.15, 0.2) is 54.2 Å². The number of amides is 1. The lowest BCUT2D eigenvalue weighted by Gasteiger charge is -2.27. The molecule has 27 heavy (non-hydrogen) atoms. The minimum Gasteiger partial charge on any atom is -0.451 e. The third-order valence-corrected chi connectivity index (χ3v) is 5.24. The number of aromatic nitrogens is 2. The van der Waals surface area contributed by atoms with Crippen LogP contribution in [0, 0.1) is 6.92 Å². The van der Waals surface area contributed by atoms with Crippen LogP contribution in [0.25, 0.3) is 0 Å². The van der Waals surface area contributed by atoms with Crippen LogP contribution in [0.5, 0.6) is 0 Å². The summed E-state index contributed by atoms with van der Waals surface area (Å²) in [7, 11) is -3.36. The Morgan fingerprint density at radius 1 is 1.19 bits per heavy atom. The maximum absolute atomic E-state index is 12.7. The Hall–Kier alpha value is -3.07. The van der Waals surface area contributed by atoms with Crippen molar-refractivity contribution in [2.24, 2.45) is 0 Å². The van der Waals surface area contributed by atoms with E-state index in [4.69, 9.17) is 4.74 Å². The van der Waals surface area contributed by atoms with E-state index in [-0.39, 0.29) is 11.4 Å². The van der Waals surface area contributed by atoms with Crippen LogP contribution >= 0.6 is 0 Å². The van der Waals surface area contributed by atoms with E-state index in [1.807, 2.05) is 0 Å². The minimum atomic E-state index is -3.36. The average Bonchev–Trinajstić information content (AvgIpc) is 3.00. The van der Waals surface area contributed by atoms with E-state index in [1.165, 1.54) is 23.4 Å². The summed E-state index contributed by atoms with van der Waals surface area (Å²) < 4.78 is 28.5. The molecular weight excluding hydrogens is 370 g/mol. The Balaban J connectivity index is 1.74. The first-order valence-corrected chi connectivity index (χ1v) is 9.81. The molecular formula is C18H17N3O5S. The zero-order chi connectivity index (χ0) is 19.4. The zero-order valence-corrected chi connectivity index (χ0v) is 15.3. The molecule has 0 unspecified atom stereocenters. The van der Waals surface area contributed by atoms with E-state index < -0.39 is 34.4 Å². The van der Waals surface area contributed by atoms with Gasteiger partial charge >= 0.3 is 5.97 Å². The standard InChI is InChI=1S/C18H17N3O5S/c1-13-9-20-16(10-19-13)18(23)26-11-17(22)21(14-5-3-2-4-6-14)15-7-8-27(24,25)12-15/h2-10,15H,11-12H2,1H3/t15-/m0/s1. The summed E-state index contributed by atoms with van der Waals surface area (Å²) in [5.74, 6) is -1.54. The lowest BCUT2D eigenvalue weighted by Crippen LogP contribution is -2.43. The van der Waals surface area contributed by atoms with Gasteiger partial charge in [0.15, 0.2) is 22.1 Å². The summed E-state index contributed by atoms with van der Waals surface area (Å²) >= 11 is 0. The molecule has 1 aromatic carbocycles. The van der Waals surface area contributed by atoms with Crippen molar-refractivity contribution in [1.82, 2.24) is 9.97 Å². The summed E-state index contributed by atoms with van der Waals surface area (Å²) in [6, 6.07) is 7.95. The number of anilines is 1. The van der Waals surface area contributed by atoms with Gasteiger partial charge in [-0.25, -0.2) is 18.2 Å². The predicted molar refractivity (Wildman–Crippen MR) is 97.7 cm³/mol. The van der Waals surface area contributed by atoms with E-state index in [0.717, 1.165) is 5.41 Å². The first-order chi connectivity index (χ1) is 12.9. The Morgan fingerprint density at radius 2 is 1.93 bits per heavy atom. The lowest BCUT2D eigenvalue weighted by atomic mass is 10.2. The molecule has 1 aliphatic rings. The molecule has 0 spiro atoms. The number of ether oxygens (including phenoxy) is 1. The number of para-hydroxylation sites is 1. The number of benzene rings is 1. The second kappa shape index (κ2) is 7.67. The molecule has 1 amide bonds. The molecule has 1 aromatic heterocycles. The second-order valence-corrected chi connectivity index (χ2v) is 7.88. The number of carbonyl (C=O) groups excluding carboxylic acids is 2. The quantitative estimate of drug-likeness (QED) is 0.712. The number of aryl methyl sites for hydroxylation is 1. The summed E-state index contributed by atoms with van der Waals surface area (Å²) in [5, 5.41) is 1.09. The van der Waals surface area contributed by atoms with E-state index in [1.54, 1.807) is 37.3 Å². The van der Waals surface area contributed by atoms with Crippen molar-refractivity contribution in [3.63, 3.8) is 0 Å². The molecule has 0 saturated heterocycles. The number of hydrogen-bond donors (Lipinski definition) is 0. The predicted octanol–water partition coefficient (Wildman–Crippen LogP) is 1.29. The van der Waals surface area contributed by atoms with Crippen LogP contribution in [0.3, 0.4) is 0 Å². The topological polar surface area (TPSA) is 107 Å². The van der Waals surface area contributed by atoms with E-state index >= 15 is 0 Å². The number of nitrogens with zero attached hydrogens (tertiary/aromatic N) is 3. The van der Waals surface area contributed by atoms with Crippen molar-refractivity contribution in [2.75, 3.05) is 17.3 Å². The smallest absolute Gasteiger partial charge is 0.359 e. The summed E-state index contributed by atoms with van der Waals surface area (Å²) in [6.07, 6.45) is 4.14. The molecule has 140 valence electrons. The molecule has 2 aromatic rings. The molecule has 1 atom stereocenters. The fraction of sp³-hybridized carbons (Fsp3) is 0.222. The van der Waals surface area contributed by atoms with Crippen molar-refractivity contribution >= 4 is 27.4 Å². The van der Waals surface area contributed by atoms with Gasteiger partial charge in [0.2, 0.25) is 0 Å². The van der Waals surface area contributed by atoms with Crippen LogP contribution in [-0.4, -0.2) is 48.7 Å². The van der Waals surface area contributed by atoms with Gasteiger partial charge in [-0.2, -0.15) is 0 Å². The van der Waals surface area contributed by atoms with Crippen molar-refractivity contribution in [2.45, 2.75) is 13.0 Å². The number of esters is 1. The van der Waals surface area contributed by atoms with Crippen molar-refractivity contribution < 1.29 is 22.7 Å². The van der Waals surface area contributed by atoms with E-state index in [0.29, 0.717) is 11.4 Å². The monoisotopic (exact) mass is 387 g/mol. The largest absolute Gasteiger partial charge is 0.451 e.